The normalized spacial score (nSPS) is 14.7. The molecule has 9 heteroatoms. The van der Waals surface area contributed by atoms with E-state index in [9.17, 15) is 9.59 Å². The summed E-state index contributed by atoms with van der Waals surface area (Å²) in [7, 11) is 1.59. The Morgan fingerprint density at radius 3 is 2.72 bits per heavy atom. The van der Waals surface area contributed by atoms with E-state index in [1.165, 1.54) is 11.8 Å². The summed E-state index contributed by atoms with van der Waals surface area (Å²) in [5.74, 6) is 1.06. The van der Waals surface area contributed by atoms with E-state index in [0.29, 0.717) is 53.1 Å². The molecule has 0 aliphatic carbocycles. The fourth-order valence-corrected chi connectivity index (χ4v) is 4.50. The molecule has 1 aliphatic heterocycles. The van der Waals surface area contributed by atoms with Gasteiger partial charge in [-0.25, -0.2) is 4.98 Å². The van der Waals surface area contributed by atoms with Crippen LogP contribution in [0.15, 0.2) is 52.4 Å². The minimum absolute atomic E-state index is 0.151. The van der Waals surface area contributed by atoms with Gasteiger partial charge in [-0.3, -0.25) is 14.2 Å². The van der Waals surface area contributed by atoms with Crippen LogP contribution in [0.3, 0.4) is 0 Å². The molecule has 0 spiro atoms. The Hall–Kier alpha value is -3.04. The maximum absolute atomic E-state index is 13.2. The second-order valence-corrected chi connectivity index (χ2v) is 8.81. The monoisotopic (exact) mass is 455 g/mol. The van der Waals surface area contributed by atoms with Gasteiger partial charge in [0.1, 0.15) is 13.2 Å². The second kappa shape index (κ2) is 9.62. The largest absolute Gasteiger partial charge is 0.486 e. The Kier molecular flexibility index (Phi) is 6.66. The molecule has 4 rings (SSSR count). The smallest absolute Gasteiger partial charge is 0.262 e. The first-order valence-electron chi connectivity index (χ1n) is 10.4. The highest BCUT2D eigenvalue weighted by Gasteiger charge is 2.22. The molecule has 2 aromatic carbocycles. The lowest BCUT2D eigenvalue weighted by atomic mass is 10.2. The molecule has 0 saturated heterocycles. The number of fused-ring (bicyclic) bond motifs is 2. The number of nitrogens with zero attached hydrogens (tertiary/aromatic N) is 2. The zero-order valence-corrected chi connectivity index (χ0v) is 19.0. The third kappa shape index (κ3) is 4.58. The molecule has 168 valence electrons. The number of para-hydroxylation sites is 1. The predicted octanol–water partition coefficient (Wildman–Crippen LogP) is 3.49. The lowest BCUT2D eigenvalue weighted by molar-refractivity contribution is -0.115. The van der Waals surface area contributed by atoms with Gasteiger partial charge in [-0.15, -0.1) is 0 Å². The number of hydrogen-bond donors (Lipinski definition) is 1. The Balaban J connectivity index is 1.58. The molecule has 1 amide bonds. The summed E-state index contributed by atoms with van der Waals surface area (Å²) in [6, 6.07) is 12.3. The molecule has 0 bridgehead atoms. The van der Waals surface area contributed by atoms with Gasteiger partial charge in [0.2, 0.25) is 5.91 Å². The third-order valence-corrected chi connectivity index (χ3v) is 6.15. The van der Waals surface area contributed by atoms with Crippen LogP contribution in [0.25, 0.3) is 10.9 Å². The first kappa shape index (κ1) is 22.2. The zero-order chi connectivity index (χ0) is 22.7. The van der Waals surface area contributed by atoms with E-state index in [4.69, 9.17) is 14.2 Å². The van der Waals surface area contributed by atoms with Gasteiger partial charge in [0.25, 0.3) is 5.56 Å². The summed E-state index contributed by atoms with van der Waals surface area (Å²) in [5.41, 5.74) is 1.06. The third-order valence-electron chi connectivity index (χ3n) is 5.09. The Morgan fingerprint density at radius 2 is 1.94 bits per heavy atom. The number of thioether (sulfide) groups is 1. The highest BCUT2D eigenvalue weighted by atomic mass is 32.2. The second-order valence-electron chi connectivity index (χ2n) is 7.50. The van der Waals surface area contributed by atoms with E-state index in [-0.39, 0.29) is 17.5 Å². The van der Waals surface area contributed by atoms with Gasteiger partial charge in [-0.05, 0) is 38.1 Å². The Bertz CT molecular complexity index is 1200. The zero-order valence-electron chi connectivity index (χ0n) is 18.2. The molecule has 0 radical (unpaired) electrons. The van der Waals surface area contributed by atoms with Crippen LogP contribution >= 0.6 is 11.8 Å². The molecule has 2 heterocycles. The van der Waals surface area contributed by atoms with Gasteiger partial charge >= 0.3 is 0 Å². The lowest BCUT2D eigenvalue weighted by Gasteiger charge is -2.21. The van der Waals surface area contributed by atoms with Crippen LogP contribution in [0.2, 0.25) is 0 Å². The van der Waals surface area contributed by atoms with Crippen molar-refractivity contribution in [3.05, 3.63) is 52.8 Å². The van der Waals surface area contributed by atoms with Crippen LogP contribution < -0.4 is 20.3 Å². The average Bonchev–Trinajstić information content (AvgIpc) is 2.79. The van der Waals surface area contributed by atoms with Crippen molar-refractivity contribution >= 4 is 34.3 Å². The van der Waals surface area contributed by atoms with Gasteiger partial charge in [-0.1, -0.05) is 23.9 Å². The quantitative estimate of drug-likeness (QED) is 0.431. The van der Waals surface area contributed by atoms with Crippen LogP contribution in [0.1, 0.15) is 19.9 Å². The molecule has 0 saturated carbocycles. The van der Waals surface area contributed by atoms with E-state index in [1.807, 2.05) is 19.1 Å². The van der Waals surface area contributed by atoms with E-state index >= 15 is 0 Å². The molecule has 8 nitrogen and oxygen atoms in total. The maximum Gasteiger partial charge on any atom is 0.262 e. The number of anilines is 1. The summed E-state index contributed by atoms with van der Waals surface area (Å²) < 4.78 is 18.0. The molecule has 0 unspecified atom stereocenters. The van der Waals surface area contributed by atoms with Crippen molar-refractivity contribution in [2.75, 3.05) is 32.2 Å². The molecule has 1 N–H and O–H groups in total. The van der Waals surface area contributed by atoms with Crippen molar-refractivity contribution in [3.8, 4) is 11.5 Å². The molecular formula is C23H25N3O5S. The van der Waals surface area contributed by atoms with Gasteiger partial charge in [0.15, 0.2) is 16.7 Å². The van der Waals surface area contributed by atoms with Crippen molar-refractivity contribution in [1.29, 1.82) is 0 Å². The average molecular weight is 456 g/mol. The number of methoxy groups -OCH3 is 1. The van der Waals surface area contributed by atoms with Crippen molar-refractivity contribution in [2.24, 2.45) is 0 Å². The molecule has 0 fully saturated rings. The highest BCUT2D eigenvalue weighted by molar-refractivity contribution is 8.00. The summed E-state index contributed by atoms with van der Waals surface area (Å²) in [4.78, 5) is 30.7. The Morgan fingerprint density at radius 1 is 1.19 bits per heavy atom. The number of nitrogens with one attached hydrogen (secondary N) is 1. The van der Waals surface area contributed by atoms with E-state index in [2.05, 4.69) is 10.3 Å². The fourth-order valence-electron chi connectivity index (χ4n) is 3.49. The topological polar surface area (TPSA) is 91.7 Å². The maximum atomic E-state index is 13.2. The van der Waals surface area contributed by atoms with Gasteiger partial charge in [0, 0.05) is 18.9 Å². The minimum Gasteiger partial charge on any atom is -0.486 e. The number of carbonyl (C=O) groups excluding carboxylic acids is 1. The number of hydrogen-bond acceptors (Lipinski definition) is 7. The van der Waals surface area contributed by atoms with E-state index in [0.717, 1.165) is 0 Å². The number of carbonyl (C=O) groups is 1. The summed E-state index contributed by atoms with van der Waals surface area (Å²) in [6.07, 6.45) is 0. The number of rotatable bonds is 7. The van der Waals surface area contributed by atoms with Crippen molar-refractivity contribution in [2.45, 2.75) is 30.3 Å². The highest BCUT2D eigenvalue weighted by Crippen LogP contribution is 2.33. The molecule has 32 heavy (non-hydrogen) atoms. The van der Waals surface area contributed by atoms with E-state index in [1.54, 1.807) is 48.9 Å². The first-order valence-corrected chi connectivity index (χ1v) is 11.2. The summed E-state index contributed by atoms with van der Waals surface area (Å²) in [6.45, 7) is 5.01. The molecule has 1 aliphatic rings. The molecule has 1 aromatic heterocycles. The number of benzene rings is 2. The number of aromatic nitrogens is 2. The summed E-state index contributed by atoms with van der Waals surface area (Å²) in [5, 5.41) is 3.41. The van der Waals surface area contributed by atoms with Gasteiger partial charge in [-0.2, -0.15) is 0 Å². The molecule has 3 aromatic rings. The van der Waals surface area contributed by atoms with Crippen LogP contribution in [0.5, 0.6) is 11.5 Å². The van der Waals surface area contributed by atoms with Gasteiger partial charge < -0.3 is 19.5 Å². The number of amides is 1. The van der Waals surface area contributed by atoms with Crippen molar-refractivity contribution in [3.63, 3.8) is 0 Å². The van der Waals surface area contributed by atoms with Crippen LogP contribution in [0, 0.1) is 0 Å². The number of ether oxygens (including phenoxy) is 3. The predicted molar refractivity (Wildman–Crippen MR) is 124 cm³/mol. The fraction of sp³-hybridized carbons (Fsp3) is 0.348. The van der Waals surface area contributed by atoms with Crippen LogP contribution in [0.4, 0.5) is 5.69 Å². The standard InChI is InChI=1S/C23H25N3O5S/c1-14(13-29-3)26-22(28)17-6-4-5-7-18(17)25-23(26)32-15(2)21(27)24-16-8-9-19-20(12-16)31-11-10-30-19/h4-9,12,14-15H,10-11,13H2,1-3H3,(H,24,27)/t14-,15+/m0/s1. The van der Waals surface area contributed by atoms with Crippen molar-refractivity contribution in [1.82, 2.24) is 9.55 Å². The molecule has 2 atom stereocenters. The lowest BCUT2D eigenvalue weighted by Crippen LogP contribution is -2.30. The van der Waals surface area contributed by atoms with Crippen molar-refractivity contribution < 1.29 is 19.0 Å². The minimum atomic E-state index is -0.503. The van der Waals surface area contributed by atoms with Crippen LogP contribution in [-0.2, 0) is 9.53 Å². The summed E-state index contributed by atoms with van der Waals surface area (Å²) >= 11 is 1.24. The first-order chi connectivity index (χ1) is 15.5. The molecular weight excluding hydrogens is 430 g/mol. The Labute approximate surface area is 189 Å². The SMILES string of the molecule is COC[C@H](C)n1c(S[C@H](C)C(=O)Nc2ccc3c(c2)OCCO3)nc2ccccc2c1=O. The van der Waals surface area contributed by atoms with Gasteiger partial charge in [0.05, 0.1) is 28.8 Å². The van der Waals surface area contributed by atoms with E-state index < -0.39 is 5.25 Å². The van der Waals surface area contributed by atoms with Crippen LogP contribution in [-0.4, -0.2) is 47.6 Å².